The summed E-state index contributed by atoms with van der Waals surface area (Å²) in [5.74, 6) is -0.535. The zero-order valence-electron chi connectivity index (χ0n) is 17.2. The van der Waals surface area contributed by atoms with Crippen LogP contribution in [0.25, 0.3) is 10.6 Å². The van der Waals surface area contributed by atoms with E-state index >= 15 is 0 Å². The Morgan fingerprint density at radius 1 is 0.939 bits per heavy atom. The Morgan fingerprint density at radius 2 is 1.64 bits per heavy atom. The van der Waals surface area contributed by atoms with E-state index in [-0.39, 0.29) is 16.4 Å². The highest BCUT2D eigenvalue weighted by Crippen LogP contribution is 2.28. The second-order valence-corrected chi connectivity index (χ2v) is 10.2. The molecule has 1 heterocycles. The Kier molecular flexibility index (Phi) is 7.14. The Bertz CT molecular complexity index is 1350. The van der Waals surface area contributed by atoms with Crippen molar-refractivity contribution in [2.24, 2.45) is 0 Å². The molecular weight excluding hydrogens is 480 g/mol. The molecular formula is C23H19ClN4O3S2. The first-order chi connectivity index (χ1) is 15.9. The Labute approximate surface area is 200 Å². The normalized spacial score (nSPS) is 12.3. The van der Waals surface area contributed by atoms with Crippen LogP contribution in [-0.2, 0) is 21.2 Å². The van der Waals surface area contributed by atoms with Crippen molar-refractivity contribution in [1.82, 2.24) is 14.9 Å². The van der Waals surface area contributed by atoms with Gasteiger partial charge in [-0.2, -0.15) is 4.72 Å². The van der Waals surface area contributed by atoms with E-state index in [0.29, 0.717) is 10.0 Å². The molecule has 3 aromatic carbocycles. The van der Waals surface area contributed by atoms with Gasteiger partial charge in [0.2, 0.25) is 21.1 Å². The van der Waals surface area contributed by atoms with Gasteiger partial charge < -0.3 is 0 Å². The fourth-order valence-electron chi connectivity index (χ4n) is 3.10. The summed E-state index contributed by atoms with van der Waals surface area (Å²) in [4.78, 5) is 13.2. The molecule has 4 aromatic rings. The molecule has 33 heavy (non-hydrogen) atoms. The number of carbonyl (C=O) groups is 1. The van der Waals surface area contributed by atoms with Gasteiger partial charge in [-0.15, -0.1) is 10.2 Å². The van der Waals surface area contributed by atoms with Gasteiger partial charge in [-0.3, -0.25) is 10.1 Å². The molecule has 0 aliphatic carbocycles. The first-order valence-electron chi connectivity index (χ1n) is 9.92. The number of anilines is 1. The summed E-state index contributed by atoms with van der Waals surface area (Å²) in [6, 6.07) is 23.2. The van der Waals surface area contributed by atoms with Gasteiger partial charge >= 0.3 is 0 Å². The molecule has 0 radical (unpaired) electrons. The molecule has 1 aromatic heterocycles. The molecule has 0 aliphatic heterocycles. The van der Waals surface area contributed by atoms with Gasteiger partial charge in [-0.1, -0.05) is 83.6 Å². The lowest BCUT2D eigenvalue weighted by molar-refractivity contribution is -0.117. The summed E-state index contributed by atoms with van der Waals surface area (Å²) >= 11 is 7.21. The maximum atomic E-state index is 13.1. The highest BCUT2D eigenvalue weighted by atomic mass is 35.5. The van der Waals surface area contributed by atoms with Gasteiger partial charge in [-0.25, -0.2) is 8.42 Å². The van der Waals surface area contributed by atoms with Gasteiger partial charge in [0.1, 0.15) is 11.0 Å². The van der Waals surface area contributed by atoms with Gasteiger partial charge in [-0.05, 0) is 36.2 Å². The quantitative estimate of drug-likeness (QED) is 0.375. The standard InChI is InChI=1S/C23H19ClN4O3S2/c24-18-11-7-10-17(15-18)22-26-27-23(32-22)25-21(29)20(14-16-8-3-1-4-9-16)28-33(30,31)19-12-5-2-6-13-19/h1-13,15,20,28H,14H2,(H,25,27,29)/t20-/m0/s1. The maximum Gasteiger partial charge on any atom is 0.244 e. The van der Waals surface area contributed by atoms with E-state index < -0.39 is 22.0 Å². The average Bonchev–Trinajstić information content (AvgIpc) is 3.28. The average molecular weight is 499 g/mol. The molecule has 0 spiro atoms. The minimum Gasteiger partial charge on any atom is -0.299 e. The number of nitrogens with one attached hydrogen (secondary N) is 2. The van der Waals surface area contributed by atoms with Crippen LogP contribution in [0.1, 0.15) is 5.56 Å². The van der Waals surface area contributed by atoms with E-state index in [2.05, 4.69) is 20.2 Å². The largest absolute Gasteiger partial charge is 0.299 e. The van der Waals surface area contributed by atoms with Crippen LogP contribution in [0, 0.1) is 0 Å². The molecule has 0 bridgehead atoms. The molecule has 168 valence electrons. The van der Waals surface area contributed by atoms with Gasteiger partial charge in [0.25, 0.3) is 0 Å². The number of hydrogen-bond donors (Lipinski definition) is 2. The molecule has 4 rings (SSSR count). The van der Waals surface area contributed by atoms with Crippen molar-refractivity contribution in [1.29, 1.82) is 0 Å². The van der Waals surface area contributed by atoms with Crippen LogP contribution >= 0.6 is 22.9 Å². The highest BCUT2D eigenvalue weighted by Gasteiger charge is 2.27. The summed E-state index contributed by atoms with van der Waals surface area (Å²) in [6.45, 7) is 0. The molecule has 7 nitrogen and oxygen atoms in total. The summed E-state index contributed by atoms with van der Waals surface area (Å²) < 4.78 is 28.3. The monoisotopic (exact) mass is 498 g/mol. The topological polar surface area (TPSA) is 101 Å². The minimum atomic E-state index is -3.92. The van der Waals surface area contributed by atoms with Crippen LogP contribution in [-0.4, -0.2) is 30.6 Å². The van der Waals surface area contributed by atoms with Gasteiger partial charge in [0, 0.05) is 10.6 Å². The van der Waals surface area contributed by atoms with Gasteiger partial charge in [0.15, 0.2) is 0 Å². The SMILES string of the molecule is O=C(Nc1nnc(-c2cccc(Cl)c2)s1)[C@H](Cc1ccccc1)NS(=O)(=O)c1ccccc1. The van der Waals surface area contributed by atoms with Crippen molar-refractivity contribution in [2.45, 2.75) is 17.4 Å². The first-order valence-corrected chi connectivity index (χ1v) is 12.6. The third-order valence-corrected chi connectivity index (χ3v) is 7.29. The lowest BCUT2D eigenvalue weighted by Crippen LogP contribution is -2.45. The predicted molar refractivity (Wildman–Crippen MR) is 130 cm³/mol. The van der Waals surface area contributed by atoms with Crippen LogP contribution < -0.4 is 10.0 Å². The lowest BCUT2D eigenvalue weighted by atomic mass is 10.1. The van der Waals surface area contributed by atoms with Crippen LogP contribution in [0.15, 0.2) is 89.8 Å². The van der Waals surface area contributed by atoms with Crippen molar-refractivity contribution in [2.75, 3.05) is 5.32 Å². The minimum absolute atomic E-state index is 0.0787. The van der Waals surface area contributed by atoms with Crippen LogP contribution in [0.2, 0.25) is 5.02 Å². The zero-order valence-corrected chi connectivity index (χ0v) is 19.6. The summed E-state index contributed by atoms with van der Waals surface area (Å²) in [7, 11) is -3.92. The fraction of sp³-hybridized carbons (Fsp3) is 0.0870. The Hall–Kier alpha value is -3.11. The second-order valence-electron chi connectivity index (χ2n) is 7.09. The number of aromatic nitrogens is 2. The number of carbonyl (C=O) groups excluding carboxylic acids is 1. The molecule has 0 fully saturated rings. The van der Waals surface area contributed by atoms with Crippen LogP contribution in [0.3, 0.4) is 0 Å². The number of benzene rings is 3. The third kappa shape index (κ3) is 6.02. The van der Waals surface area contributed by atoms with Crippen molar-refractivity contribution in [3.8, 4) is 10.6 Å². The number of nitrogens with zero attached hydrogens (tertiary/aromatic N) is 2. The smallest absolute Gasteiger partial charge is 0.244 e. The van der Waals surface area contributed by atoms with E-state index in [1.807, 2.05) is 36.4 Å². The van der Waals surface area contributed by atoms with E-state index in [9.17, 15) is 13.2 Å². The zero-order chi connectivity index (χ0) is 23.3. The van der Waals surface area contributed by atoms with Crippen molar-refractivity contribution in [3.05, 3.63) is 95.5 Å². The second kappa shape index (κ2) is 10.2. The predicted octanol–water partition coefficient (Wildman–Crippen LogP) is 4.39. The number of halogens is 1. The first kappa shape index (κ1) is 23.1. The molecule has 0 saturated carbocycles. The number of rotatable bonds is 8. The van der Waals surface area contributed by atoms with Crippen molar-refractivity contribution >= 4 is 44.0 Å². The van der Waals surface area contributed by atoms with Crippen LogP contribution in [0.5, 0.6) is 0 Å². The van der Waals surface area contributed by atoms with E-state index in [1.165, 1.54) is 23.5 Å². The summed E-state index contributed by atoms with van der Waals surface area (Å²) in [6.07, 6.45) is 0.165. The van der Waals surface area contributed by atoms with Crippen molar-refractivity contribution in [3.63, 3.8) is 0 Å². The molecule has 0 aliphatic rings. The van der Waals surface area contributed by atoms with Gasteiger partial charge in [0.05, 0.1) is 4.90 Å². The summed E-state index contributed by atoms with van der Waals surface area (Å²) in [5, 5.41) is 12.2. The molecule has 1 amide bonds. The van der Waals surface area contributed by atoms with E-state index in [1.54, 1.807) is 36.4 Å². The molecule has 0 unspecified atom stereocenters. The molecule has 0 saturated heterocycles. The third-order valence-electron chi connectivity index (χ3n) is 4.68. The number of hydrogen-bond acceptors (Lipinski definition) is 6. The molecule has 1 atom stereocenters. The summed E-state index contributed by atoms with van der Waals surface area (Å²) in [5.41, 5.74) is 1.58. The molecule has 2 N–H and O–H groups in total. The fourth-order valence-corrected chi connectivity index (χ4v) is 5.25. The molecule has 10 heteroatoms. The van der Waals surface area contributed by atoms with E-state index in [0.717, 1.165) is 11.1 Å². The lowest BCUT2D eigenvalue weighted by Gasteiger charge is -2.18. The maximum absolute atomic E-state index is 13.1. The van der Waals surface area contributed by atoms with Crippen molar-refractivity contribution < 1.29 is 13.2 Å². The van der Waals surface area contributed by atoms with Crippen LogP contribution in [0.4, 0.5) is 5.13 Å². The number of sulfonamides is 1. The van der Waals surface area contributed by atoms with E-state index in [4.69, 9.17) is 11.6 Å². The highest BCUT2D eigenvalue weighted by molar-refractivity contribution is 7.89. The Morgan fingerprint density at radius 3 is 2.33 bits per heavy atom. The number of amides is 1. The Balaban J connectivity index is 1.56.